The molecule has 2 rings (SSSR count). The Morgan fingerprint density at radius 2 is 1.77 bits per heavy atom. The number of carbonyl (C=O) groups excluding carboxylic acids is 2. The van der Waals surface area contributed by atoms with E-state index in [0.29, 0.717) is 23.7 Å². The predicted molar refractivity (Wildman–Crippen MR) is 142 cm³/mol. The molecular weight excluding hydrogens is 464 g/mol. The molecule has 0 fully saturated rings. The van der Waals surface area contributed by atoms with Gasteiger partial charge in [-0.15, -0.1) is 0 Å². The molecule has 194 valence electrons. The molecule has 0 aliphatic rings. The van der Waals surface area contributed by atoms with Crippen molar-refractivity contribution < 1.29 is 14.3 Å². The summed E-state index contributed by atoms with van der Waals surface area (Å²) in [7, 11) is 0. The van der Waals surface area contributed by atoms with E-state index in [-0.39, 0.29) is 11.9 Å². The number of amides is 2. The zero-order valence-electron chi connectivity index (χ0n) is 22.6. The van der Waals surface area contributed by atoms with Crippen LogP contribution in [0.1, 0.15) is 84.8 Å². The summed E-state index contributed by atoms with van der Waals surface area (Å²) in [4.78, 5) is 24.5. The highest BCUT2D eigenvalue weighted by Crippen LogP contribution is 2.28. The van der Waals surface area contributed by atoms with E-state index in [1.54, 1.807) is 0 Å². The summed E-state index contributed by atoms with van der Waals surface area (Å²) in [5, 5.41) is 11.2. The molecule has 8 heteroatoms. The van der Waals surface area contributed by atoms with Crippen LogP contribution in [0.4, 0.5) is 10.5 Å². The molecular formula is C27H41ClN4O3. The average molecular weight is 505 g/mol. The number of halogens is 1. The number of nitrogens with zero attached hydrogens (tertiary/aromatic N) is 2. The van der Waals surface area contributed by atoms with Crippen LogP contribution in [0.25, 0.3) is 0 Å². The Kier molecular flexibility index (Phi) is 9.40. The number of ether oxygens (including phenoxy) is 1. The summed E-state index contributed by atoms with van der Waals surface area (Å²) < 4.78 is 7.37. The molecule has 0 spiro atoms. The Morgan fingerprint density at radius 3 is 2.29 bits per heavy atom. The van der Waals surface area contributed by atoms with Gasteiger partial charge in [-0.25, -0.2) is 4.79 Å². The topological polar surface area (TPSA) is 85.2 Å². The fourth-order valence-electron chi connectivity index (χ4n) is 3.72. The quantitative estimate of drug-likeness (QED) is 0.451. The molecule has 0 saturated carbocycles. The number of hydrogen-bond donors (Lipinski definition) is 2. The lowest BCUT2D eigenvalue weighted by atomic mass is 9.95. The maximum atomic E-state index is 12.3. The lowest BCUT2D eigenvalue weighted by Gasteiger charge is -2.22. The van der Waals surface area contributed by atoms with Crippen molar-refractivity contribution in [2.24, 2.45) is 5.41 Å². The van der Waals surface area contributed by atoms with Crippen molar-refractivity contribution in [2.45, 2.75) is 99.8 Å². The van der Waals surface area contributed by atoms with Gasteiger partial charge in [0.15, 0.2) is 0 Å². The van der Waals surface area contributed by atoms with Gasteiger partial charge in [-0.1, -0.05) is 52.3 Å². The van der Waals surface area contributed by atoms with Crippen molar-refractivity contribution in [1.29, 1.82) is 0 Å². The molecule has 1 aromatic carbocycles. The second kappa shape index (κ2) is 11.5. The summed E-state index contributed by atoms with van der Waals surface area (Å²) >= 11 is 6.52. The standard InChI is InChI=1S/C27H41ClN4O3/c1-10-21-19(14-18-12-13-22(20(28)15-18)30-24(33)26(4,5)6)23(11-2)32(31-21)16-17(3)29-25(34)35-27(7,8)9/h12-13,15,17H,10-11,14,16H2,1-9H3,(H,29,34)(H,30,33)/t17-/m0/s1. The molecule has 0 saturated heterocycles. The summed E-state index contributed by atoms with van der Waals surface area (Å²) in [5.41, 5.74) is 3.97. The largest absolute Gasteiger partial charge is 0.444 e. The molecule has 0 aliphatic carbocycles. The number of alkyl carbamates (subject to hydrolysis) is 1. The van der Waals surface area contributed by atoms with Gasteiger partial charge in [-0.2, -0.15) is 5.10 Å². The first-order chi connectivity index (χ1) is 16.1. The van der Waals surface area contributed by atoms with Crippen molar-refractivity contribution in [2.75, 3.05) is 5.32 Å². The predicted octanol–water partition coefficient (Wildman–Crippen LogP) is 6.15. The zero-order valence-corrected chi connectivity index (χ0v) is 23.4. The van der Waals surface area contributed by atoms with E-state index < -0.39 is 17.1 Å². The number of hydrogen-bond acceptors (Lipinski definition) is 4. The monoisotopic (exact) mass is 504 g/mol. The highest BCUT2D eigenvalue weighted by molar-refractivity contribution is 6.33. The molecule has 0 bridgehead atoms. The van der Waals surface area contributed by atoms with Crippen molar-refractivity contribution in [3.05, 3.63) is 45.7 Å². The number of anilines is 1. The molecule has 7 nitrogen and oxygen atoms in total. The van der Waals surface area contributed by atoms with Gasteiger partial charge in [0.1, 0.15) is 5.60 Å². The Morgan fingerprint density at radius 1 is 1.11 bits per heavy atom. The van der Waals surface area contributed by atoms with E-state index in [4.69, 9.17) is 21.4 Å². The van der Waals surface area contributed by atoms with Crippen LogP contribution in [-0.2, 0) is 35.3 Å². The van der Waals surface area contributed by atoms with Gasteiger partial charge in [0.05, 0.1) is 22.9 Å². The normalized spacial score (nSPS) is 12.9. The van der Waals surface area contributed by atoms with E-state index in [2.05, 4.69) is 24.5 Å². The molecule has 1 heterocycles. The maximum absolute atomic E-state index is 12.3. The van der Waals surface area contributed by atoms with Gasteiger partial charge >= 0.3 is 6.09 Å². The molecule has 0 aliphatic heterocycles. The number of rotatable bonds is 8. The van der Waals surface area contributed by atoms with Crippen LogP contribution >= 0.6 is 11.6 Å². The molecule has 35 heavy (non-hydrogen) atoms. The SMILES string of the molecule is CCc1nn(C[C@H](C)NC(=O)OC(C)(C)C)c(CC)c1Cc1ccc(NC(=O)C(C)(C)C)c(Cl)c1. The van der Waals surface area contributed by atoms with Gasteiger partial charge in [0.2, 0.25) is 5.91 Å². The number of benzene rings is 1. The van der Waals surface area contributed by atoms with Gasteiger partial charge in [0, 0.05) is 29.1 Å². The molecule has 2 amide bonds. The minimum Gasteiger partial charge on any atom is -0.444 e. The van der Waals surface area contributed by atoms with Crippen LogP contribution in [0.15, 0.2) is 18.2 Å². The van der Waals surface area contributed by atoms with Crippen LogP contribution in [0.3, 0.4) is 0 Å². The van der Waals surface area contributed by atoms with Gasteiger partial charge in [-0.05, 0) is 58.2 Å². The van der Waals surface area contributed by atoms with Gasteiger partial charge in [-0.3, -0.25) is 9.48 Å². The van der Waals surface area contributed by atoms with E-state index >= 15 is 0 Å². The van der Waals surface area contributed by atoms with Crippen LogP contribution in [0, 0.1) is 5.41 Å². The van der Waals surface area contributed by atoms with Crippen molar-refractivity contribution in [3.8, 4) is 0 Å². The average Bonchev–Trinajstić information content (AvgIpc) is 3.03. The van der Waals surface area contributed by atoms with Gasteiger partial charge in [0.25, 0.3) is 0 Å². The minimum absolute atomic E-state index is 0.0796. The summed E-state index contributed by atoms with van der Waals surface area (Å²) in [6.07, 6.45) is 1.87. The van der Waals surface area contributed by atoms with Crippen molar-refractivity contribution >= 4 is 29.3 Å². The van der Waals surface area contributed by atoms with Crippen LogP contribution in [0.5, 0.6) is 0 Å². The smallest absolute Gasteiger partial charge is 0.407 e. The Balaban J connectivity index is 2.22. The first-order valence-corrected chi connectivity index (χ1v) is 12.7. The number of carbonyl (C=O) groups is 2. The van der Waals surface area contributed by atoms with E-state index in [9.17, 15) is 9.59 Å². The maximum Gasteiger partial charge on any atom is 0.407 e. The number of aromatic nitrogens is 2. The lowest BCUT2D eigenvalue weighted by molar-refractivity contribution is -0.123. The van der Waals surface area contributed by atoms with Crippen LogP contribution in [0.2, 0.25) is 5.02 Å². The zero-order chi connectivity index (χ0) is 26.6. The third-order valence-electron chi connectivity index (χ3n) is 5.47. The Bertz CT molecular complexity index is 1050. The highest BCUT2D eigenvalue weighted by atomic mass is 35.5. The highest BCUT2D eigenvalue weighted by Gasteiger charge is 2.23. The number of aryl methyl sites for hydroxylation is 1. The Hall–Kier alpha value is -2.54. The summed E-state index contributed by atoms with van der Waals surface area (Å²) in [6, 6.07) is 5.61. The fourth-order valence-corrected chi connectivity index (χ4v) is 3.97. The third-order valence-corrected chi connectivity index (χ3v) is 5.79. The fraction of sp³-hybridized carbons (Fsp3) is 0.593. The molecule has 0 radical (unpaired) electrons. The van der Waals surface area contributed by atoms with E-state index in [1.165, 1.54) is 5.56 Å². The molecule has 1 atom stereocenters. The van der Waals surface area contributed by atoms with Crippen molar-refractivity contribution in [3.63, 3.8) is 0 Å². The van der Waals surface area contributed by atoms with E-state index in [1.807, 2.05) is 71.3 Å². The van der Waals surface area contributed by atoms with Crippen molar-refractivity contribution in [1.82, 2.24) is 15.1 Å². The van der Waals surface area contributed by atoms with Crippen LogP contribution < -0.4 is 10.6 Å². The molecule has 1 aromatic heterocycles. The van der Waals surface area contributed by atoms with Crippen LogP contribution in [-0.4, -0.2) is 33.4 Å². The summed E-state index contributed by atoms with van der Waals surface area (Å²) in [5.74, 6) is -0.0796. The first kappa shape index (κ1) is 28.7. The van der Waals surface area contributed by atoms with E-state index in [0.717, 1.165) is 29.8 Å². The molecule has 0 unspecified atom stereocenters. The summed E-state index contributed by atoms with van der Waals surface area (Å²) in [6.45, 7) is 17.8. The molecule has 2 aromatic rings. The second-order valence-corrected chi connectivity index (χ2v) is 11.4. The third kappa shape index (κ3) is 8.27. The molecule has 2 N–H and O–H groups in total. The lowest BCUT2D eigenvalue weighted by Crippen LogP contribution is -2.40. The number of nitrogens with one attached hydrogen (secondary N) is 2. The Labute approximate surface area is 215 Å². The van der Waals surface area contributed by atoms with Gasteiger partial charge < -0.3 is 15.4 Å². The second-order valence-electron chi connectivity index (χ2n) is 11.0. The minimum atomic E-state index is -0.543. The first-order valence-electron chi connectivity index (χ1n) is 12.3.